The minimum absolute atomic E-state index is 0.0755. The van der Waals surface area contributed by atoms with Crippen molar-refractivity contribution in [2.45, 2.75) is 24.0 Å². The second-order valence-corrected chi connectivity index (χ2v) is 9.54. The van der Waals surface area contributed by atoms with Crippen LogP contribution in [0.4, 0.5) is 0 Å². The first kappa shape index (κ1) is 17.3. The normalized spacial score (nSPS) is 13.4. The number of carbonyl (C=O) groups is 1. The summed E-state index contributed by atoms with van der Waals surface area (Å²) in [6, 6.07) is 4.33. The van der Waals surface area contributed by atoms with E-state index in [0.29, 0.717) is 4.47 Å². The zero-order valence-electron chi connectivity index (χ0n) is 11.0. The van der Waals surface area contributed by atoms with Gasteiger partial charge in [-0.1, -0.05) is 15.9 Å². The van der Waals surface area contributed by atoms with E-state index in [2.05, 4.69) is 15.9 Å². The average Bonchev–Trinajstić information content (AvgIpc) is 2.35. The van der Waals surface area contributed by atoms with E-state index in [9.17, 15) is 17.4 Å². The second kappa shape index (κ2) is 6.82. The molecule has 0 aliphatic carbocycles. The molecule has 1 aromatic carbocycles. The number of carboxylic acids is 1. The van der Waals surface area contributed by atoms with Crippen molar-refractivity contribution < 1.29 is 22.5 Å². The van der Waals surface area contributed by atoms with Crippen molar-refractivity contribution in [3.8, 4) is 0 Å². The molecule has 112 valence electrons. The molecule has 1 atom stereocenters. The molecule has 0 aliphatic heterocycles. The van der Waals surface area contributed by atoms with Crippen molar-refractivity contribution in [2.24, 2.45) is 0 Å². The molecule has 0 fully saturated rings. The monoisotopic (exact) mass is 382 g/mol. The van der Waals surface area contributed by atoms with Gasteiger partial charge in [0.2, 0.25) is 0 Å². The molecule has 0 amide bonds. The van der Waals surface area contributed by atoms with Gasteiger partial charge in [0.1, 0.15) is 0 Å². The highest BCUT2D eigenvalue weighted by Gasteiger charge is 2.20. The fourth-order valence-corrected chi connectivity index (χ4v) is 4.80. The average molecular weight is 383 g/mol. The highest BCUT2D eigenvalue weighted by atomic mass is 79.9. The third-order valence-corrected chi connectivity index (χ3v) is 7.06. The molecular weight excluding hydrogens is 368 g/mol. The summed E-state index contributed by atoms with van der Waals surface area (Å²) < 4.78 is 36.1. The minimum Gasteiger partial charge on any atom is -0.478 e. The molecular formula is C12H15BrO5S2. The van der Waals surface area contributed by atoms with Gasteiger partial charge in [-0.05, 0) is 32.0 Å². The maximum Gasteiger partial charge on any atom is 0.336 e. The van der Waals surface area contributed by atoms with Crippen LogP contribution >= 0.6 is 15.9 Å². The molecule has 0 bridgehead atoms. The number of benzene rings is 1. The predicted octanol–water partition coefficient (Wildman–Crippen LogP) is 2.08. The van der Waals surface area contributed by atoms with Crippen molar-refractivity contribution in [2.75, 3.05) is 11.5 Å². The first-order valence-corrected chi connectivity index (χ1v) is 9.60. The lowest BCUT2D eigenvalue weighted by Gasteiger charge is -2.09. The summed E-state index contributed by atoms with van der Waals surface area (Å²) in [7, 11) is -4.98. The van der Waals surface area contributed by atoms with E-state index in [0.717, 1.165) is 0 Å². The van der Waals surface area contributed by atoms with E-state index >= 15 is 0 Å². The lowest BCUT2D eigenvalue weighted by Crippen LogP contribution is -2.22. The summed E-state index contributed by atoms with van der Waals surface area (Å²) >= 11 is 3.18. The van der Waals surface area contributed by atoms with Crippen LogP contribution in [-0.4, -0.2) is 40.5 Å². The highest BCUT2D eigenvalue weighted by Crippen LogP contribution is 2.20. The minimum atomic E-state index is -3.30. The Morgan fingerprint density at radius 3 is 2.50 bits per heavy atom. The van der Waals surface area contributed by atoms with Crippen LogP contribution in [0.5, 0.6) is 0 Å². The number of rotatable bonds is 6. The molecule has 0 spiro atoms. The topological polar surface area (TPSA) is 88.5 Å². The molecule has 0 aliphatic rings. The molecule has 0 saturated carbocycles. The molecule has 20 heavy (non-hydrogen) atoms. The Labute approximate surface area is 128 Å². The van der Waals surface area contributed by atoms with Gasteiger partial charge in [0, 0.05) is 10.2 Å². The van der Waals surface area contributed by atoms with Gasteiger partial charge in [-0.2, -0.15) is 0 Å². The number of halogens is 1. The largest absolute Gasteiger partial charge is 0.478 e. The van der Waals surface area contributed by atoms with Crippen molar-refractivity contribution >= 4 is 42.5 Å². The van der Waals surface area contributed by atoms with Crippen molar-refractivity contribution in [3.63, 3.8) is 0 Å². The van der Waals surface area contributed by atoms with Gasteiger partial charge in [0.05, 0.1) is 32.3 Å². The molecule has 1 unspecified atom stereocenters. The van der Waals surface area contributed by atoms with E-state index in [1.54, 1.807) is 13.8 Å². The van der Waals surface area contributed by atoms with Crippen LogP contribution in [0.1, 0.15) is 24.2 Å². The zero-order chi connectivity index (χ0) is 15.5. The first-order chi connectivity index (χ1) is 9.15. The smallest absolute Gasteiger partial charge is 0.336 e. The Hall–Kier alpha value is -0.730. The van der Waals surface area contributed by atoms with Crippen LogP contribution in [0.15, 0.2) is 27.6 Å². The van der Waals surface area contributed by atoms with Crippen LogP contribution in [0.3, 0.4) is 0 Å². The summed E-state index contributed by atoms with van der Waals surface area (Å²) in [5.41, 5.74) is -0.0755. The van der Waals surface area contributed by atoms with Crippen LogP contribution in [-0.2, 0) is 20.6 Å². The van der Waals surface area contributed by atoms with E-state index in [4.69, 9.17) is 5.11 Å². The third-order valence-electron chi connectivity index (χ3n) is 2.69. The number of hydrogen-bond donors (Lipinski definition) is 1. The summed E-state index contributed by atoms with van der Waals surface area (Å²) in [5, 5.41) is 8.51. The maximum atomic E-state index is 12.2. The van der Waals surface area contributed by atoms with E-state index in [1.807, 2.05) is 0 Å². The SMILES string of the molecule is CC(C)S(=O)(=O)CCS(=O)c1cc(Br)ccc1C(=O)O. The van der Waals surface area contributed by atoms with Gasteiger partial charge < -0.3 is 5.11 Å². The summed E-state index contributed by atoms with van der Waals surface area (Å²) in [6.45, 7) is 3.11. The molecule has 8 heteroatoms. The van der Waals surface area contributed by atoms with Crippen LogP contribution < -0.4 is 0 Å². The lowest BCUT2D eigenvalue weighted by atomic mass is 10.2. The van der Waals surface area contributed by atoms with Crippen molar-refractivity contribution in [3.05, 3.63) is 28.2 Å². The van der Waals surface area contributed by atoms with Gasteiger partial charge in [0.15, 0.2) is 9.84 Å². The standard InChI is InChI=1S/C12H15BrO5S2/c1-8(2)20(17,18)6-5-19(16)11-7-9(13)3-4-10(11)12(14)15/h3-4,7-8H,5-6H2,1-2H3,(H,14,15). The summed E-state index contributed by atoms with van der Waals surface area (Å²) in [6.07, 6.45) is 0. The predicted molar refractivity (Wildman–Crippen MR) is 81.3 cm³/mol. The Morgan fingerprint density at radius 2 is 2.00 bits per heavy atom. The number of sulfone groups is 1. The molecule has 1 N–H and O–H groups in total. The number of hydrogen-bond acceptors (Lipinski definition) is 4. The van der Waals surface area contributed by atoms with Gasteiger partial charge in [0.25, 0.3) is 0 Å². The van der Waals surface area contributed by atoms with Crippen LogP contribution in [0, 0.1) is 0 Å². The molecule has 1 aromatic rings. The van der Waals surface area contributed by atoms with E-state index < -0.39 is 31.9 Å². The van der Waals surface area contributed by atoms with Crippen molar-refractivity contribution in [1.82, 2.24) is 0 Å². The van der Waals surface area contributed by atoms with E-state index in [1.165, 1.54) is 18.2 Å². The Balaban J connectivity index is 2.99. The number of carboxylic acid groups (broad SMARTS) is 1. The maximum absolute atomic E-state index is 12.2. The lowest BCUT2D eigenvalue weighted by molar-refractivity contribution is 0.0693. The van der Waals surface area contributed by atoms with Gasteiger partial charge >= 0.3 is 5.97 Å². The summed E-state index contributed by atoms with van der Waals surface area (Å²) in [4.78, 5) is 11.2. The van der Waals surface area contributed by atoms with Gasteiger partial charge in [-0.25, -0.2) is 13.2 Å². The third kappa shape index (κ3) is 4.39. The zero-order valence-corrected chi connectivity index (χ0v) is 14.2. The Morgan fingerprint density at radius 1 is 1.40 bits per heavy atom. The quantitative estimate of drug-likeness (QED) is 0.813. The first-order valence-electron chi connectivity index (χ1n) is 5.78. The molecule has 1 rings (SSSR count). The highest BCUT2D eigenvalue weighted by molar-refractivity contribution is 9.10. The molecule has 0 aromatic heterocycles. The molecule has 0 saturated heterocycles. The van der Waals surface area contributed by atoms with Gasteiger partial charge in [-0.3, -0.25) is 4.21 Å². The fraction of sp³-hybridized carbons (Fsp3) is 0.417. The van der Waals surface area contributed by atoms with Crippen LogP contribution in [0.25, 0.3) is 0 Å². The summed E-state index contributed by atoms with van der Waals surface area (Å²) in [5.74, 6) is -1.53. The Bertz CT molecular complexity index is 637. The van der Waals surface area contributed by atoms with Gasteiger partial charge in [-0.15, -0.1) is 0 Å². The second-order valence-electron chi connectivity index (χ2n) is 4.41. The Kier molecular flexibility index (Phi) is 5.91. The van der Waals surface area contributed by atoms with E-state index in [-0.39, 0.29) is 22.0 Å². The fourth-order valence-electron chi connectivity index (χ4n) is 1.40. The molecule has 0 heterocycles. The van der Waals surface area contributed by atoms with Crippen LogP contribution in [0.2, 0.25) is 0 Å². The number of aromatic carboxylic acids is 1. The van der Waals surface area contributed by atoms with Crippen molar-refractivity contribution in [1.29, 1.82) is 0 Å². The molecule has 0 radical (unpaired) electrons. The molecule has 5 nitrogen and oxygen atoms in total.